The van der Waals surface area contributed by atoms with Gasteiger partial charge in [0.2, 0.25) is 11.8 Å². The van der Waals surface area contributed by atoms with Crippen LogP contribution < -0.4 is 10.6 Å². The molecule has 2 aliphatic heterocycles. The van der Waals surface area contributed by atoms with Crippen molar-refractivity contribution < 1.29 is 9.59 Å². The molecule has 2 saturated heterocycles. The Morgan fingerprint density at radius 1 is 1.37 bits per heavy atom. The van der Waals surface area contributed by atoms with Gasteiger partial charge in [0.15, 0.2) is 0 Å². The first-order valence-electron chi connectivity index (χ1n) is 7.39. The van der Waals surface area contributed by atoms with Gasteiger partial charge in [-0.1, -0.05) is 0 Å². The Morgan fingerprint density at radius 2 is 2.11 bits per heavy atom. The maximum atomic E-state index is 11.9. The van der Waals surface area contributed by atoms with Crippen LogP contribution in [0.1, 0.15) is 38.5 Å². The van der Waals surface area contributed by atoms with Gasteiger partial charge < -0.3 is 15.5 Å². The molecule has 0 aromatic heterocycles. The van der Waals surface area contributed by atoms with Gasteiger partial charge in [0, 0.05) is 32.5 Å². The Labute approximate surface area is 115 Å². The van der Waals surface area contributed by atoms with E-state index in [4.69, 9.17) is 0 Å². The first kappa shape index (κ1) is 14.3. The number of nitrogens with zero attached hydrogens (tertiary/aromatic N) is 1. The predicted octanol–water partition coefficient (Wildman–Crippen LogP) is 0.503. The minimum absolute atomic E-state index is 0.142. The van der Waals surface area contributed by atoms with Crippen molar-refractivity contribution in [2.45, 2.75) is 44.6 Å². The zero-order valence-electron chi connectivity index (χ0n) is 11.8. The van der Waals surface area contributed by atoms with Crippen LogP contribution in [-0.2, 0) is 9.59 Å². The first-order valence-corrected chi connectivity index (χ1v) is 7.39. The zero-order valence-corrected chi connectivity index (χ0v) is 11.8. The number of hydrogen-bond donors (Lipinski definition) is 2. The van der Waals surface area contributed by atoms with Crippen LogP contribution in [0.4, 0.5) is 0 Å². The van der Waals surface area contributed by atoms with Gasteiger partial charge in [0.1, 0.15) is 0 Å². The van der Waals surface area contributed by atoms with Crippen molar-refractivity contribution in [1.29, 1.82) is 0 Å². The van der Waals surface area contributed by atoms with E-state index in [1.54, 1.807) is 11.9 Å². The highest BCUT2D eigenvalue weighted by Crippen LogP contribution is 2.18. The molecule has 1 atom stereocenters. The fourth-order valence-corrected chi connectivity index (χ4v) is 2.94. The molecule has 2 aliphatic rings. The van der Waals surface area contributed by atoms with Crippen molar-refractivity contribution in [3.05, 3.63) is 0 Å². The Hall–Kier alpha value is -1.10. The SMILES string of the molecule is CN1CC(NC(=O)CCC2CCNCC2)CCC1=O. The fraction of sp³-hybridized carbons (Fsp3) is 0.857. The van der Waals surface area contributed by atoms with Crippen LogP contribution in [0.3, 0.4) is 0 Å². The molecule has 5 nitrogen and oxygen atoms in total. The van der Waals surface area contributed by atoms with E-state index in [0.717, 1.165) is 25.9 Å². The minimum atomic E-state index is 0.142. The summed E-state index contributed by atoms with van der Waals surface area (Å²) in [5, 5.41) is 6.40. The third-order valence-electron chi connectivity index (χ3n) is 4.23. The molecule has 0 radical (unpaired) electrons. The molecule has 0 spiro atoms. The highest BCUT2D eigenvalue weighted by Gasteiger charge is 2.24. The van der Waals surface area contributed by atoms with E-state index in [1.807, 2.05) is 0 Å². The molecule has 0 bridgehead atoms. The summed E-state index contributed by atoms with van der Waals surface area (Å²) in [6.07, 6.45) is 5.33. The molecule has 2 heterocycles. The lowest BCUT2D eigenvalue weighted by atomic mass is 9.93. The van der Waals surface area contributed by atoms with Crippen LogP contribution in [0, 0.1) is 5.92 Å². The number of likely N-dealkylation sites (N-methyl/N-ethyl adjacent to an activating group) is 1. The first-order chi connectivity index (χ1) is 9.15. The summed E-state index contributed by atoms with van der Waals surface area (Å²) in [5.41, 5.74) is 0. The Kier molecular flexibility index (Phi) is 5.19. The summed E-state index contributed by atoms with van der Waals surface area (Å²) in [5.74, 6) is 1.02. The second-order valence-corrected chi connectivity index (χ2v) is 5.81. The largest absolute Gasteiger partial charge is 0.352 e. The average Bonchev–Trinajstić information content (AvgIpc) is 2.42. The van der Waals surface area contributed by atoms with Crippen LogP contribution in [-0.4, -0.2) is 49.4 Å². The van der Waals surface area contributed by atoms with Crippen LogP contribution in [0.15, 0.2) is 0 Å². The molecule has 0 aromatic rings. The zero-order chi connectivity index (χ0) is 13.7. The minimum Gasteiger partial charge on any atom is -0.352 e. The molecule has 0 saturated carbocycles. The highest BCUT2D eigenvalue weighted by molar-refractivity contribution is 5.78. The van der Waals surface area contributed by atoms with E-state index in [9.17, 15) is 9.59 Å². The smallest absolute Gasteiger partial charge is 0.222 e. The van der Waals surface area contributed by atoms with E-state index in [1.165, 1.54) is 12.8 Å². The van der Waals surface area contributed by atoms with Crippen molar-refractivity contribution in [3.8, 4) is 0 Å². The summed E-state index contributed by atoms with van der Waals surface area (Å²) in [6, 6.07) is 0.142. The Balaban J connectivity index is 1.65. The number of piperidine rings is 2. The fourth-order valence-electron chi connectivity index (χ4n) is 2.94. The summed E-state index contributed by atoms with van der Waals surface area (Å²) < 4.78 is 0. The van der Waals surface area contributed by atoms with Gasteiger partial charge in [0.05, 0.1) is 0 Å². The third kappa shape index (κ3) is 4.49. The average molecular weight is 267 g/mol. The Bertz CT molecular complexity index is 327. The summed E-state index contributed by atoms with van der Waals surface area (Å²) in [6.45, 7) is 2.82. The molecule has 0 aliphatic carbocycles. The summed E-state index contributed by atoms with van der Waals surface area (Å²) in [4.78, 5) is 25.0. The second kappa shape index (κ2) is 6.89. The molecule has 2 rings (SSSR count). The lowest BCUT2D eigenvalue weighted by Crippen LogP contribution is -2.48. The van der Waals surface area contributed by atoms with Crippen LogP contribution in [0.25, 0.3) is 0 Å². The standard InChI is InChI=1S/C14H25N3O2/c1-17-10-12(3-5-14(17)19)16-13(18)4-2-11-6-8-15-9-7-11/h11-12,15H,2-10H2,1H3,(H,16,18). The molecular formula is C14H25N3O2. The highest BCUT2D eigenvalue weighted by atomic mass is 16.2. The van der Waals surface area contributed by atoms with Crippen molar-refractivity contribution in [2.75, 3.05) is 26.7 Å². The predicted molar refractivity (Wildman–Crippen MR) is 73.6 cm³/mol. The summed E-state index contributed by atoms with van der Waals surface area (Å²) in [7, 11) is 1.80. The number of carbonyl (C=O) groups excluding carboxylic acids is 2. The molecule has 0 aromatic carbocycles. The van der Waals surface area contributed by atoms with E-state index in [0.29, 0.717) is 25.3 Å². The van der Waals surface area contributed by atoms with E-state index in [-0.39, 0.29) is 17.9 Å². The maximum Gasteiger partial charge on any atom is 0.222 e. The molecule has 2 fully saturated rings. The van der Waals surface area contributed by atoms with Gasteiger partial charge >= 0.3 is 0 Å². The molecular weight excluding hydrogens is 242 g/mol. The normalized spacial score (nSPS) is 25.4. The molecule has 1 unspecified atom stereocenters. The van der Waals surface area contributed by atoms with Crippen molar-refractivity contribution in [1.82, 2.24) is 15.5 Å². The van der Waals surface area contributed by atoms with Crippen LogP contribution in [0.2, 0.25) is 0 Å². The van der Waals surface area contributed by atoms with Crippen LogP contribution >= 0.6 is 0 Å². The van der Waals surface area contributed by atoms with Gasteiger partial charge in [-0.15, -0.1) is 0 Å². The molecule has 5 heteroatoms. The third-order valence-corrected chi connectivity index (χ3v) is 4.23. The monoisotopic (exact) mass is 267 g/mol. The Morgan fingerprint density at radius 3 is 2.79 bits per heavy atom. The number of rotatable bonds is 4. The molecule has 2 amide bonds. The number of amides is 2. The van der Waals surface area contributed by atoms with Gasteiger partial charge in [0.25, 0.3) is 0 Å². The quantitative estimate of drug-likeness (QED) is 0.780. The number of hydrogen-bond acceptors (Lipinski definition) is 3. The van der Waals surface area contributed by atoms with Crippen LogP contribution in [0.5, 0.6) is 0 Å². The summed E-state index contributed by atoms with van der Waals surface area (Å²) >= 11 is 0. The maximum absolute atomic E-state index is 11.9. The molecule has 19 heavy (non-hydrogen) atoms. The van der Waals surface area contributed by atoms with Crippen molar-refractivity contribution in [2.24, 2.45) is 5.92 Å². The second-order valence-electron chi connectivity index (χ2n) is 5.81. The van der Waals surface area contributed by atoms with Gasteiger partial charge in [-0.25, -0.2) is 0 Å². The topological polar surface area (TPSA) is 61.4 Å². The van der Waals surface area contributed by atoms with E-state index >= 15 is 0 Å². The van der Waals surface area contributed by atoms with Gasteiger partial charge in [-0.2, -0.15) is 0 Å². The molecule has 108 valence electrons. The van der Waals surface area contributed by atoms with Gasteiger partial charge in [-0.05, 0) is 44.7 Å². The van der Waals surface area contributed by atoms with Crippen molar-refractivity contribution >= 4 is 11.8 Å². The lowest BCUT2D eigenvalue weighted by Gasteiger charge is -2.30. The number of likely N-dealkylation sites (tertiary alicyclic amines) is 1. The number of nitrogens with one attached hydrogen (secondary N) is 2. The van der Waals surface area contributed by atoms with E-state index in [2.05, 4.69) is 10.6 Å². The van der Waals surface area contributed by atoms with Crippen molar-refractivity contribution in [3.63, 3.8) is 0 Å². The van der Waals surface area contributed by atoms with E-state index < -0.39 is 0 Å². The van der Waals surface area contributed by atoms with Gasteiger partial charge in [-0.3, -0.25) is 9.59 Å². The number of carbonyl (C=O) groups is 2. The molecule has 2 N–H and O–H groups in total. The lowest BCUT2D eigenvalue weighted by molar-refractivity contribution is -0.134.